The lowest BCUT2D eigenvalue weighted by atomic mass is 9.95. The highest BCUT2D eigenvalue weighted by Crippen LogP contribution is 2.31. The first-order valence-corrected chi connectivity index (χ1v) is 9.04. The van der Waals surface area contributed by atoms with Gasteiger partial charge in [0.05, 0.1) is 5.56 Å². The Hall–Kier alpha value is -3.92. The standard InChI is InChI=1S/C22H16N2O5/c1-3-24-20(25)16(12(2)18(10-23)21(24)26)9-15-6-7-19(29-15)13-4-5-14-11-28-22(27)17(14)8-13/h4-9H,3,11H2,1-2H3/b16-9-. The number of nitriles is 1. The molecule has 0 atom stereocenters. The number of carbonyl (C=O) groups excluding carboxylic acids is 3. The van der Waals surface area contributed by atoms with E-state index >= 15 is 0 Å². The molecule has 0 N–H and O–H groups in total. The minimum atomic E-state index is -0.584. The Bertz CT molecular complexity index is 1180. The van der Waals surface area contributed by atoms with Crippen LogP contribution in [0.15, 0.2) is 51.5 Å². The number of hydrogen-bond donors (Lipinski definition) is 0. The maximum Gasteiger partial charge on any atom is 0.338 e. The summed E-state index contributed by atoms with van der Waals surface area (Å²) in [5.74, 6) is -0.494. The molecule has 1 aromatic carbocycles. The van der Waals surface area contributed by atoms with Crippen LogP contribution in [-0.4, -0.2) is 29.2 Å². The van der Waals surface area contributed by atoms with Crippen LogP contribution in [0, 0.1) is 11.3 Å². The molecule has 2 aliphatic heterocycles. The van der Waals surface area contributed by atoms with Crippen LogP contribution < -0.4 is 0 Å². The van der Waals surface area contributed by atoms with Crippen molar-refractivity contribution in [1.82, 2.24) is 4.90 Å². The molecule has 0 spiro atoms. The first-order valence-electron chi connectivity index (χ1n) is 9.04. The summed E-state index contributed by atoms with van der Waals surface area (Å²) in [6, 6.07) is 10.7. The molecule has 7 nitrogen and oxygen atoms in total. The van der Waals surface area contributed by atoms with Crippen molar-refractivity contribution in [2.24, 2.45) is 0 Å². The lowest BCUT2D eigenvalue weighted by Crippen LogP contribution is -2.42. The molecule has 2 amide bonds. The van der Waals surface area contributed by atoms with E-state index in [1.807, 2.05) is 18.2 Å². The van der Waals surface area contributed by atoms with Gasteiger partial charge in [0.15, 0.2) is 0 Å². The normalized spacial score (nSPS) is 17.6. The van der Waals surface area contributed by atoms with Gasteiger partial charge in [-0.25, -0.2) is 4.79 Å². The summed E-state index contributed by atoms with van der Waals surface area (Å²) in [4.78, 5) is 37.7. The fourth-order valence-electron chi connectivity index (χ4n) is 3.41. The molecule has 4 rings (SSSR count). The Morgan fingerprint density at radius 3 is 2.69 bits per heavy atom. The van der Waals surface area contributed by atoms with Gasteiger partial charge in [0.1, 0.15) is 29.8 Å². The molecular weight excluding hydrogens is 372 g/mol. The van der Waals surface area contributed by atoms with Crippen molar-refractivity contribution >= 4 is 23.9 Å². The molecule has 1 aromatic heterocycles. The molecule has 7 heteroatoms. The topological polar surface area (TPSA) is 101 Å². The number of esters is 1. The SMILES string of the molecule is CCN1C(=O)C(C#N)=C(C)/C(=C/c2ccc(-c3ccc4c(c3)C(=O)OC4)o2)C1=O. The highest BCUT2D eigenvalue weighted by Gasteiger charge is 2.34. The van der Waals surface area contributed by atoms with E-state index in [9.17, 15) is 19.6 Å². The molecule has 0 aliphatic carbocycles. The van der Waals surface area contributed by atoms with Crippen molar-refractivity contribution in [3.63, 3.8) is 0 Å². The second-order valence-corrected chi connectivity index (χ2v) is 6.67. The Labute approximate surface area is 166 Å². The number of carbonyl (C=O) groups is 3. The van der Waals surface area contributed by atoms with E-state index in [1.54, 1.807) is 32.0 Å². The van der Waals surface area contributed by atoms with Crippen LogP contribution in [0.1, 0.15) is 35.5 Å². The molecule has 0 radical (unpaired) electrons. The number of amides is 2. The van der Waals surface area contributed by atoms with Crippen LogP contribution in [0.2, 0.25) is 0 Å². The summed E-state index contributed by atoms with van der Waals surface area (Å²) in [6.45, 7) is 3.68. The van der Waals surface area contributed by atoms with Crippen molar-refractivity contribution < 1.29 is 23.5 Å². The molecule has 0 saturated heterocycles. The van der Waals surface area contributed by atoms with Crippen LogP contribution in [0.5, 0.6) is 0 Å². The van der Waals surface area contributed by atoms with Gasteiger partial charge in [0.2, 0.25) is 0 Å². The zero-order chi connectivity index (χ0) is 20.7. The van der Waals surface area contributed by atoms with E-state index in [0.717, 1.165) is 10.5 Å². The number of imide groups is 1. The molecule has 0 unspecified atom stereocenters. The number of furan rings is 1. The number of nitrogens with zero attached hydrogens (tertiary/aromatic N) is 2. The summed E-state index contributed by atoms with van der Waals surface area (Å²) in [7, 11) is 0. The average molecular weight is 388 g/mol. The van der Waals surface area contributed by atoms with E-state index in [2.05, 4.69) is 0 Å². The summed E-state index contributed by atoms with van der Waals surface area (Å²) in [6.07, 6.45) is 1.52. The predicted octanol–water partition coefficient (Wildman–Crippen LogP) is 3.23. The summed E-state index contributed by atoms with van der Waals surface area (Å²) >= 11 is 0. The lowest BCUT2D eigenvalue weighted by molar-refractivity contribution is -0.140. The van der Waals surface area contributed by atoms with Crippen LogP contribution in [0.3, 0.4) is 0 Å². The first kappa shape index (κ1) is 18.4. The van der Waals surface area contributed by atoms with Gasteiger partial charge in [-0.05, 0) is 43.7 Å². The van der Waals surface area contributed by atoms with Crippen LogP contribution in [-0.2, 0) is 20.9 Å². The van der Waals surface area contributed by atoms with Crippen molar-refractivity contribution in [2.75, 3.05) is 6.54 Å². The molecule has 3 heterocycles. The predicted molar refractivity (Wildman–Crippen MR) is 102 cm³/mol. The minimum Gasteiger partial charge on any atom is -0.457 e. The van der Waals surface area contributed by atoms with Crippen LogP contribution in [0.25, 0.3) is 17.4 Å². The number of fused-ring (bicyclic) bond motifs is 1. The third-order valence-corrected chi connectivity index (χ3v) is 5.03. The number of rotatable bonds is 3. The third kappa shape index (κ3) is 2.95. The Morgan fingerprint density at radius 2 is 1.97 bits per heavy atom. The largest absolute Gasteiger partial charge is 0.457 e. The van der Waals surface area contributed by atoms with Gasteiger partial charge in [0.25, 0.3) is 11.8 Å². The molecule has 2 aromatic rings. The fourth-order valence-corrected chi connectivity index (χ4v) is 3.41. The number of hydrogen-bond acceptors (Lipinski definition) is 6. The van der Waals surface area contributed by atoms with Crippen molar-refractivity contribution in [3.8, 4) is 17.4 Å². The van der Waals surface area contributed by atoms with Gasteiger partial charge >= 0.3 is 5.97 Å². The van der Waals surface area contributed by atoms with Crippen molar-refractivity contribution in [1.29, 1.82) is 5.26 Å². The van der Waals surface area contributed by atoms with Gasteiger partial charge in [-0.3, -0.25) is 14.5 Å². The third-order valence-electron chi connectivity index (χ3n) is 5.03. The molecule has 29 heavy (non-hydrogen) atoms. The van der Waals surface area contributed by atoms with Gasteiger partial charge in [-0.15, -0.1) is 0 Å². The molecular formula is C22H16N2O5. The Morgan fingerprint density at radius 1 is 1.17 bits per heavy atom. The molecule has 0 fully saturated rings. The van der Waals surface area contributed by atoms with Gasteiger partial charge in [-0.2, -0.15) is 5.26 Å². The number of ether oxygens (including phenoxy) is 1. The highest BCUT2D eigenvalue weighted by atomic mass is 16.5. The zero-order valence-corrected chi connectivity index (χ0v) is 15.8. The first-order chi connectivity index (χ1) is 13.9. The van der Waals surface area contributed by atoms with E-state index in [4.69, 9.17) is 9.15 Å². The van der Waals surface area contributed by atoms with E-state index < -0.39 is 11.8 Å². The maximum absolute atomic E-state index is 12.7. The van der Waals surface area contributed by atoms with E-state index in [-0.39, 0.29) is 30.3 Å². The number of cyclic esters (lactones) is 1. The smallest absolute Gasteiger partial charge is 0.338 e. The second-order valence-electron chi connectivity index (χ2n) is 6.67. The number of benzene rings is 1. The van der Waals surface area contributed by atoms with Crippen LogP contribution in [0.4, 0.5) is 0 Å². The number of likely N-dealkylation sites (N-methyl/N-ethyl adjacent to an activating group) is 1. The highest BCUT2D eigenvalue weighted by molar-refractivity contribution is 6.19. The minimum absolute atomic E-state index is 0.0541. The fraction of sp³-hybridized carbons (Fsp3) is 0.182. The Balaban J connectivity index is 1.73. The van der Waals surface area contributed by atoms with Gasteiger partial charge in [0, 0.05) is 23.2 Å². The molecule has 144 valence electrons. The summed E-state index contributed by atoms with van der Waals surface area (Å²) in [5.41, 5.74) is 2.55. The van der Waals surface area contributed by atoms with Gasteiger partial charge in [-0.1, -0.05) is 12.1 Å². The monoisotopic (exact) mass is 388 g/mol. The summed E-state index contributed by atoms with van der Waals surface area (Å²) in [5, 5.41) is 9.31. The average Bonchev–Trinajstić information content (AvgIpc) is 3.33. The zero-order valence-electron chi connectivity index (χ0n) is 15.8. The van der Waals surface area contributed by atoms with E-state index in [0.29, 0.717) is 28.2 Å². The maximum atomic E-state index is 12.7. The molecule has 0 bridgehead atoms. The van der Waals surface area contributed by atoms with Crippen molar-refractivity contribution in [2.45, 2.75) is 20.5 Å². The summed E-state index contributed by atoms with van der Waals surface area (Å²) < 4.78 is 10.9. The molecule has 2 aliphatic rings. The molecule has 0 saturated carbocycles. The lowest BCUT2D eigenvalue weighted by Gasteiger charge is -2.25. The second kappa shape index (κ2) is 6.91. The van der Waals surface area contributed by atoms with Gasteiger partial charge < -0.3 is 9.15 Å². The Kier molecular flexibility index (Phi) is 4.40. The van der Waals surface area contributed by atoms with Crippen LogP contribution >= 0.6 is 0 Å². The van der Waals surface area contributed by atoms with Crippen molar-refractivity contribution in [3.05, 3.63) is 63.9 Å². The quantitative estimate of drug-likeness (QED) is 0.455. The van der Waals surface area contributed by atoms with E-state index in [1.165, 1.54) is 6.08 Å².